The highest BCUT2D eigenvalue weighted by Gasteiger charge is 2.44. The van der Waals surface area contributed by atoms with Crippen molar-refractivity contribution in [3.63, 3.8) is 0 Å². The van der Waals surface area contributed by atoms with Gasteiger partial charge in [0, 0.05) is 20.0 Å². The second kappa shape index (κ2) is 7.78. The minimum Gasteiger partial charge on any atom is -0.349 e. The molecule has 1 N–H and O–H groups in total. The van der Waals surface area contributed by atoms with Gasteiger partial charge >= 0.3 is 0 Å². The maximum atomic E-state index is 13.7. The molecule has 2 amide bonds. The zero-order chi connectivity index (χ0) is 19.6. The SMILES string of the molecule is CC(=O)N1CCC(C(=O)N[C@@H]2CCCc3ccccc32)(c2ccccc2)CC1. The van der Waals surface area contributed by atoms with Gasteiger partial charge in [0.1, 0.15) is 0 Å². The Hall–Kier alpha value is -2.62. The van der Waals surface area contributed by atoms with E-state index in [1.165, 1.54) is 11.1 Å². The lowest BCUT2D eigenvalue weighted by Crippen LogP contribution is -2.53. The summed E-state index contributed by atoms with van der Waals surface area (Å²) in [5, 5.41) is 3.39. The fourth-order valence-electron chi connectivity index (χ4n) is 4.81. The Labute approximate surface area is 166 Å². The average Bonchev–Trinajstić information content (AvgIpc) is 2.74. The number of benzene rings is 2. The van der Waals surface area contributed by atoms with Crippen LogP contribution in [-0.4, -0.2) is 29.8 Å². The first-order valence-corrected chi connectivity index (χ1v) is 10.3. The van der Waals surface area contributed by atoms with Gasteiger partial charge in [0.25, 0.3) is 0 Å². The monoisotopic (exact) mass is 376 g/mol. The summed E-state index contributed by atoms with van der Waals surface area (Å²) in [7, 11) is 0. The van der Waals surface area contributed by atoms with E-state index >= 15 is 0 Å². The van der Waals surface area contributed by atoms with Crippen LogP contribution in [0.1, 0.15) is 55.3 Å². The van der Waals surface area contributed by atoms with Crippen molar-refractivity contribution >= 4 is 11.8 Å². The van der Waals surface area contributed by atoms with Gasteiger partial charge in [-0.25, -0.2) is 0 Å². The van der Waals surface area contributed by atoms with Crippen molar-refractivity contribution in [2.24, 2.45) is 0 Å². The van der Waals surface area contributed by atoms with E-state index in [-0.39, 0.29) is 17.9 Å². The van der Waals surface area contributed by atoms with E-state index in [1.807, 2.05) is 23.1 Å². The Bertz CT molecular complexity index is 854. The topological polar surface area (TPSA) is 49.4 Å². The largest absolute Gasteiger partial charge is 0.349 e. The van der Waals surface area contributed by atoms with Gasteiger partial charge in [-0.15, -0.1) is 0 Å². The molecule has 0 bridgehead atoms. The van der Waals surface area contributed by atoms with Gasteiger partial charge in [-0.05, 0) is 48.8 Å². The summed E-state index contributed by atoms with van der Waals surface area (Å²) in [5.41, 5.74) is 3.09. The molecule has 2 aromatic carbocycles. The van der Waals surface area contributed by atoms with Crippen molar-refractivity contribution in [3.05, 3.63) is 71.3 Å². The Morgan fingerprint density at radius 2 is 1.68 bits per heavy atom. The van der Waals surface area contributed by atoms with Gasteiger partial charge in [0.05, 0.1) is 11.5 Å². The van der Waals surface area contributed by atoms with Crippen LogP contribution in [-0.2, 0) is 21.4 Å². The normalized spacial score (nSPS) is 20.9. The first-order chi connectivity index (χ1) is 13.6. The number of nitrogens with zero attached hydrogens (tertiary/aromatic N) is 1. The van der Waals surface area contributed by atoms with Crippen molar-refractivity contribution in [1.29, 1.82) is 0 Å². The minimum absolute atomic E-state index is 0.0730. The van der Waals surface area contributed by atoms with E-state index in [9.17, 15) is 9.59 Å². The van der Waals surface area contributed by atoms with Crippen LogP contribution in [0.5, 0.6) is 0 Å². The number of carbonyl (C=O) groups is 2. The molecule has 2 aromatic rings. The first kappa shape index (κ1) is 18.7. The highest BCUT2D eigenvalue weighted by Crippen LogP contribution is 2.38. The number of likely N-dealkylation sites (tertiary alicyclic amines) is 1. The number of piperidine rings is 1. The molecular weight excluding hydrogens is 348 g/mol. The van der Waals surface area contributed by atoms with Crippen molar-refractivity contribution in [1.82, 2.24) is 10.2 Å². The number of fused-ring (bicyclic) bond motifs is 1. The molecule has 2 aliphatic rings. The summed E-state index contributed by atoms with van der Waals surface area (Å²) in [6.45, 7) is 2.85. The molecule has 4 rings (SSSR count). The van der Waals surface area contributed by atoms with Crippen LogP contribution in [0.3, 0.4) is 0 Å². The number of rotatable bonds is 3. The molecule has 0 saturated carbocycles. The van der Waals surface area contributed by atoms with Crippen LogP contribution in [0.15, 0.2) is 54.6 Å². The number of hydrogen-bond donors (Lipinski definition) is 1. The number of hydrogen-bond acceptors (Lipinski definition) is 2. The predicted octanol–water partition coefficient (Wildman–Crippen LogP) is 3.76. The first-order valence-electron chi connectivity index (χ1n) is 10.3. The third-order valence-corrected chi connectivity index (χ3v) is 6.50. The van der Waals surface area contributed by atoms with Gasteiger partial charge in [-0.2, -0.15) is 0 Å². The Morgan fingerprint density at radius 3 is 2.39 bits per heavy atom. The molecule has 4 heteroatoms. The van der Waals surface area contributed by atoms with Gasteiger partial charge in [-0.3, -0.25) is 9.59 Å². The Morgan fingerprint density at radius 1 is 1.00 bits per heavy atom. The Balaban J connectivity index is 1.61. The van der Waals surface area contributed by atoms with Crippen LogP contribution in [0, 0.1) is 0 Å². The lowest BCUT2D eigenvalue weighted by molar-refractivity contribution is -0.135. The van der Waals surface area contributed by atoms with E-state index in [2.05, 4.69) is 41.7 Å². The molecule has 1 aliphatic heterocycles. The van der Waals surface area contributed by atoms with Gasteiger partial charge in [-0.1, -0.05) is 54.6 Å². The van der Waals surface area contributed by atoms with E-state index in [1.54, 1.807) is 6.92 Å². The predicted molar refractivity (Wildman–Crippen MR) is 110 cm³/mol. The van der Waals surface area contributed by atoms with Gasteiger partial charge in [0.15, 0.2) is 0 Å². The second-order valence-electron chi connectivity index (χ2n) is 8.07. The van der Waals surface area contributed by atoms with E-state index in [4.69, 9.17) is 0 Å². The summed E-state index contributed by atoms with van der Waals surface area (Å²) >= 11 is 0. The molecule has 0 spiro atoms. The fourth-order valence-corrected chi connectivity index (χ4v) is 4.81. The van der Waals surface area contributed by atoms with Crippen molar-refractivity contribution < 1.29 is 9.59 Å². The zero-order valence-corrected chi connectivity index (χ0v) is 16.5. The molecule has 1 aliphatic carbocycles. The smallest absolute Gasteiger partial charge is 0.231 e. The van der Waals surface area contributed by atoms with Crippen LogP contribution in [0.2, 0.25) is 0 Å². The number of nitrogens with one attached hydrogen (secondary N) is 1. The summed E-state index contributed by atoms with van der Waals surface area (Å²) < 4.78 is 0. The number of amides is 2. The van der Waals surface area contributed by atoms with Gasteiger partial charge < -0.3 is 10.2 Å². The van der Waals surface area contributed by atoms with Crippen LogP contribution in [0.4, 0.5) is 0 Å². The second-order valence-corrected chi connectivity index (χ2v) is 8.07. The molecule has 1 heterocycles. The molecule has 0 radical (unpaired) electrons. The number of aryl methyl sites for hydroxylation is 1. The summed E-state index contributed by atoms with van der Waals surface area (Å²) in [6, 6.07) is 18.6. The highest BCUT2D eigenvalue weighted by molar-refractivity contribution is 5.89. The molecule has 0 aromatic heterocycles. The maximum Gasteiger partial charge on any atom is 0.231 e. The summed E-state index contributed by atoms with van der Waals surface area (Å²) in [6.07, 6.45) is 4.49. The average molecular weight is 377 g/mol. The molecule has 1 saturated heterocycles. The van der Waals surface area contributed by atoms with Crippen LogP contribution >= 0.6 is 0 Å². The summed E-state index contributed by atoms with van der Waals surface area (Å²) in [4.78, 5) is 27.3. The molecule has 4 nitrogen and oxygen atoms in total. The maximum absolute atomic E-state index is 13.7. The molecule has 1 atom stereocenters. The third kappa shape index (κ3) is 3.44. The van der Waals surface area contributed by atoms with Crippen LogP contribution in [0.25, 0.3) is 0 Å². The quantitative estimate of drug-likeness (QED) is 0.887. The standard InChI is InChI=1S/C24H28N2O2/c1-18(27)26-16-14-24(15-17-26,20-10-3-2-4-11-20)23(28)25-22-13-7-9-19-8-5-6-12-21(19)22/h2-6,8,10-12,22H,7,9,13-17H2,1H3,(H,25,28)/t22-/m1/s1. The highest BCUT2D eigenvalue weighted by atomic mass is 16.2. The zero-order valence-electron chi connectivity index (χ0n) is 16.5. The number of carbonyl (C=O) groups excluding carboxylic acids is 2. The van der Waals surface area contributed by atoms with E-state index < -0.39 is 5.41 Å². The fraction of sp³-hybridized carbons (Fsp3) is 0.417. The van der Waals surface area contributed by atoms with E-state index in [0.29, 0.717) is 25.9 Å². The molecule has 28 heavy (non-hydrogen) atoms. The molecule has 0 unspecified atom stereocenters. The third-order valence-electron chi connectivity index (χ3n) is 6.50. The van der Waals surface area contributed by atoms with E-state index in [0.717, 1.165) is 24.8 Å². The van der Waals surface area contributed by atoms with Gasteiger partial charge in [0.2, 0.25) is 11.8 Å². The molecule has 1 fully saturated rings. The molecular formula is C24H28N2O2. The molecule has 146 valence electrons. The minimum atomic E-state index is -0.570. The van der Waals surface area contributed by atoms with Crippen LogP contribution < -0.4 is 5.32 Å². The lowest BCUT2D eigenvalue weighted by atomic mass is 9.71. The lowest BCUT2D eigenvalue weighted by Gasteiger charge is -2.42. The summed E-state index contributed by atoms with van der Waals surface area (Å²) in [5.74, 6) is 0.187. The van der Waals surface area contributed by atoms with Crippen molar-refractivity contribution in [2.45, 2.75) is 50.5 Å². The van der Waals surface area contributed by atoms with Crippen molar-refractivity contribution in [2.75, 3.05) is 13.1 Å². The Kier molecular flexibility index (Phi) is 5.21. The van der Waals surface area contributed by atoms with Crippen molar-refractivity contribution in [3.8, 4) is 0 Å².